The van der Waals surface area contributed by atoms with Gasteiger partial charge in [-0.15, -0.1) is 0 Å². The Morgan fingerprint density at radius 1 is 1.09 bits per heavy atom. The summed E-state index contributed by atoms with van der Waals surface area (Å²) in [5.41, 5.74) is 0.320. The molecular weight excluding hydrogens is 556 g/mol. The minimum atomic E-state index is -0.873. The van der Waals surface area contributed by atoms with Crippen LogP contribution in [0.5, 0.6) is 0 Å². The summed E-state index contributed by atoms with van der Waals surface area (Å²) in [6.07, 6.45) is 3.06. The first-order chi connectivity index (χ1) is 20.1. The van der Waals surface area contributed by atoms with Crippen LogP contribution in [0.3, 0.4) is 0 Å². The molecule has 3 N–H and O–H groups in total. The Bertz CT molecular complexity index is 1500. The second kappa shape index (κ2) is 11.4. The molecule has 1 saturated heterocycles. The summed E-state index contributed by atoms with van der Waals surface area (Å²) in [6.45, 7) is 10.4. The monoisotopic (exact) mass is 595 g/mol. The first kappa shape index (κ1) is 30.7. The van der Waals surface area contributed by atoms with Crippen LogP contribution in [0.25, 0.3) is 11.3 Å². The molecule has 2 aromatic heterocycles. The normalized spacial score (nSPS) is 22.1. The van der Waals surface area contributed by atoms with Crippen molar-refractivity contribution in [3.05, 3.63) is 70.7 Å². The van der Waals surface area contributed by atoms with Crippen LogP contribution in [0.15, 0.2) is 40.9 Å². The van der Waals surface area contributed by atoms with Gasteiger partial charge in [-0.3, -0.25) is 19.5 Å². The van der Waals surface area contributed by atoms with Gasteiger partial charge in [-0.05, 0) is 90.1 Å². The molecule has 0 atom stereocenters. The Morgan fingerprint density at radius 3 is 2.37 bits per heavy atom. The fourth-order valence-corrected chi connectivity index (χ4v) is 6.28. The number of hydrogen-bond donors (Lipinski definition) is 3. The number of rotatable bonds is 8. The lowest BCUT2D eigenvalue weighted by molar-refractivity contribution is -0.127. The van der Waals surface area contributed by atoms with Crippen molar-refractivity contribution in [2.24, 2.45) is 0 Å². The number of likely N-dealkylation sites (tertiary alicyclic amines) is 1. The number of halogens is 2. The van der Waals surface area contributed by atoms with Crippen molar-refractivity contribution in [2.45, 2.75) is 89.4 Å². The van der Waals surface area contributed by atoms with Crippen molar-refractivity contribution < 1.29 is 28.0 Å². The molecule has 11 heteroatoms. The van der Waals surface area contributed by atoms with Gasteiger partial charge in [0.15, 0.2) is 11.5 Å². The molecule has 3 aromatic rings. The molecule has 1 aliphatic carbocycles. The zero-order valence-corrected chi connectivity index (χ0v) is 25.3. The molecular formula is C32H39F2N5O4. The summed E-state index contributed by atoms with van der Waals surface area (Å²) in [5, 5.41) is 20.4. The number of hydrogen-bond acceptors (Lipinski definition) is 7. The van der Waals surface area contributed by atoms with E-state index < -0.39 is 34.2 Å². The summed E-state index contributed by atoms with van der Waals surface area (Å²) in [4.78, 5) is 33.6. The van der Waals surface area contributed by atoms with E-state index in [1.165, 1.54) is 12.1 Å². The molecule has 0 bridgehead atoms. The zero-order chi connectivity index (χ0) is 31.2. The average molecular weight is 596 g/mol. The fourth-order valence-electron chi connectivity index (χ4n) is 6.28. The highest BCUT2D eigenvalue weighted by Gasteiger charge is 2.49. The van der Waals surface area contributed by atoms with E-state index in [1.807, 2.05) is 46.8 Å². The zero-order valence-electron chi connectivity index (χ0n) is 25.3. The quantitative estimate of drug-likeness (QED) is 0.350. The molecule has 2 aliphatic rings. The molecule has 230 valence electrons. The van der Waals surface area contributed by atoms with Crippen molar-refractivity contribution in [3.8, 4) is 11.3 Å². The largest absolute Gasteiger partial charge is 0.390 e. The molecule has 43 heavy (non-hydrogen) atoms. The van der Waals surface area contributed by atoms with Gasteiger partial charge in [-0.2, -0.15) is 0 Å². The third kappa shape index (κ3) is 6.94. The van der Waals surface area contributed by atoms with Gasteiger partial charge in [0.2, 0.25) is 5.91 Å². The van der Waals surface area contributed by atoms with Gasteiger partial charge >= 0.3 is 0 Å². The molecule has 5 rings (SSSR count). The van der Waals surface area contributed by atoms with Crippen LogP contribution < -0.4 is 10.6 Å². The summed E-state index contributed by atoms with van der Waals surface area (Å²) < 4.78 is 32.9. The number of pyridine rings is 1. The highest BCUT2D eigenvalue weighted by atomic mass is 19.1. The maximum absolute atomic E-state index is 14.3. The van der Waals surface area contributed by atoms with Crippen LogP contribution in [0.1, 0.15) is 80.3 Å². The molecule has 1 aliphatic heterocycles. The Hall–Kier alpha value is -3.70. The number of carbonyl (C=O) groups is 2. The smallest absolute Gasteiger partial charge is 0.274 e. The third-order valence-electron chi connectivity index (χ3n) is 8.63. The summed E-state index contributed by atoms with van der Waals surface area (Å²) in [7, 11) is 0. The molecule has 0 radical (unpaired) electrons. The van der Waals surface area contributed by atoms with Crippen LogP contribution in [0.2, 0.25) is 0 Å². The number of amides is 2. The number of aromatic nitrogens is 2. The standard InChI is InChI=1S/C32H39F2N5O4/c1-19-12-21(13-20(2)35-19)30(3,4)36-28(40)16-32(17-39(18-32)23-8-10-31(5,42)11-9-23)37-29(41)26-15-27(43-38-26)24-7-6-22(33)14-25(24)34/h6-7,12-15,23,42H,8-11,16-18H2,1-5H3,(H,36,40)(H,37,41). The number of nitrogens with zero attached hydrogens (tertiary/aromatic N) is 3. The molecule has 0 spiro atoms. The topological polar surface area (TPSA) is 121 Å². The van der Waals surface area contributed by atoms with Crippen LogP contribution >= 0.6 is 0 Å². The summed E-state index contributed by atoms with van der Waals surface area (Å²) in [6, 6.07) is 8.48. The second-order valence-electron chi connectivity index (χ2n) is 13.1. The number of aliphatic hydroxyl groups is 1. The van der Waals surface area contributed by atoms with Crippen LogP contribution in [0.4, 0.5) is 8.78 Å². The van der Waals surface area contributed by atoms with Crippen LogP contribution in [0, 0.1) is 25.5 Å². The fraction of sp³-hybridized carbons (Fsp3) is 0.500. The van der Waals surface area contributed by atoms with Gasteiger partial charge in [-0.25, -0.2) is 8.78 Å². The summed E-state index contributed by atoms with van der Waals surface area (Å²) >= 11 is 0. The van der Waals surface area contributed by atoms with Crippen molar-refractivity contribution in [1.82, 2.24) is 25.7 Å². The van der Waals surface area contributed by atoms with Crippen molar-refractivity contribution in [3.63, 3.8) is 0 Å². The maximum atomic E-state index is 14.3. The van der Waals surface area contributed by atoms with E-state index in [9.17, 15) is 23.5 Å². The lowest BCUT2D eigenvalue weighted by Crippen LogP contribution is -2.73. The first-order valence-electron chi connectivity index (χ1n) is 14.6. The van der Waals surface area contributed by atoms with Crippen LogP contribution in [-0.4, -0.2) is 62.2 Å². The molecule has 2 amide bonds. The average Bonchev–Trinajstić information content (AvgIpc) is 3.36. The van der Waals surface area contributed by atoms with Gasteiger partial charge in [0.05, 0.1) is 28.7 Å². The molecule has 3 heterocycles. The summed E-state index contributed by atoms with van der Waals surface area (Å²) in [5.74, 6) is -2.36. The predicted molar refractivity (Wildman–Crippen MR) is 156 cm³/mol. The predicted octanol–water partition coefficient (Wildman–Crippen LogP) is 4.55. The van der Waals surface area contributed by atoms with Crippen molar-refractivity contribution >= 4 is 11.8 Å². The van der Waals surface area contributed by atoms with Gasteiger partial charge in [0, 0.05) is 42.7 Å². The lowest BCUT2D eigenvalue weighted by atomic mass is 9.78. The Kier molecular flexibility index (Phi) is 8.17. The van der Waals surface area contributed by atoms with Crippen molar-refractivity contribution in [1.29, 1.82) is 0 Å². The Morgan fingerprint density at radius 2 is 1.74 bits per heavy atom. The lowest BCUT2D eigenvalue weighted by Gasteiger charge is -2.54. The Labute approximate surface area is 250 Å². The minimum absolute atomic E-state index is 0.0105. The van der Waals surface area contributed by atoms with Crippen molar-refractivity contribution in [2.75, 3.05) is 13.1 Å². The number of nitrogens with one attached hydrogen (secondary N) is 2. The van der Waals surface area contributed by atoms with Gasteiger partial charge < -0.3 is 20.3 Å². The van der Waals surface area contributed by atoms with E-state index in [-0.39, 0.29) is 35.4 Å². The highest BCUT2D eigenvalue weighted by Crippen LogP contribution is 2.36. The first-order valence-corrected chi connectivity index (χ1v) is 14.6. The molecule has 1 saturated carbocycles. The molecule has 1 aromatic carbocycles. The number of benzene rings is 1. The third-order valence-corrected chi connectivity index (χ3v) is 8.63. The van der Waals surface area contributed by atoms with Gasteiger partial charge in [0.25, 0.3) is 5.91 Å². The highest BCUT2D eigenvalue weighted by molar-refractivity contribution is 5.94. The second-order valence-corrected chi connectivity index (χ2v) is 13.1. The van der Waals surface area contributed by atoms with E-state index >= 15 is 0 Å². The van der Waals surface area contributed by atoms with E-state index in [0.717, 1.165) is 41.9 Å². The maximum Gasteiger partial charge on any atom is 0.274 e. The van der Waals surface area contributed by atoms with Crippen LogP contribution in [-0.2, 0) is 10.3 Å². The van der Waals surface area contributed by atoms with Gasteiger partial charge in [0.1, 0.15) is 11.6 Å². The number of aryl methyl sites for hydroxylation is 2. The van der Waals surface area contributed by atoms with E-state index in [2.05, 4.69) is 25.7 Å². The Balaban J connectivity index is 1.32. The minimum Gasteiger partial charge on any atom is -0.390 e. The van der Waals surface area contributed by atoms with E-state index in [1.54, 1.807) is 0 Å². The molecule has 2 fully saturated rings. The number of carbonyl (C=O) groups excluding carboxylic acids is 2. The van der Waals surface area contributed by atoms with E-state index in [4.69, 9.17) is 4.52 Å². The molecule has 9 nitrogen and oxygen atoms in total. The molecule has 0 unspecified atom stereocenters. The van der Waals surface area contributed by atoms with Gasteiger partial charge in [-0.1, -0.05) is 5.16 Å². The SMILES string of the molecule is Cc1cc(C(C)(C)NC(=O)CC2(NC(=O)c3cc(-c4ccc(F)cc4F)on3)CN(C3CCC(C)(O)CC3)C2)cc(C)n1. The van der Waals surface area contributed by atoms with E-state index in [0.29, 0.717) is 25.9 Å².